The molecule has 11 heavy (non-hydrogen) atoms. The molecule has 0 rings (SSSR count). The minimum atomic E-state index is 0.668. The van der Waals surface area contributed by atoms with Crippen molar-refractivity contribution in [3.8, 4) is 0 Å². The van der Waals surface area contributed by atoms with Gasteiger partial charge in [-0.25, -0.2) is 0 Å². The maximum absolute atomic E-state index is 5.59. The average Bonchev–Trinajstić information content (AvgIpc) is 2.01. The molecule has 0 atom stereocenters. The smallest absolute Gasteiger partial charge is 0.0351 e. The zero-order chi connectivity index (χ0) is 8.53. The second-order valence-corrected chi connectivity index (χ2v) is 3.12. The predicted octanol–water partition coefficient (Wildman–Crippen LogP) is 1.11. The third-order valence-electron chi connectivity index (χ3n) is 1.48. The van der Waals surface area contributed by atoms with E-state index in [0.29, 0.717) is 11.8 Å². The molecule has 0 saturated carbocycles. The summed E-state index contributed by atoms with van der Waals surface area (Å²) in [6.45, 7) is 3.57. The van der Waals surface area contributed by atoms with Crippen LogP contribution in [0.1, 0.15) is 6.42 Å². The fourth-order valence-corrected chi connectivity index (χ4v) is 1.37. The van der Waals surface area contributed by atoms with E-state index in [0.717, 1.165) is 32.6 Å². The Bertz CT molecular complexity index is 74.8. The molecule has 68 valence electrons. The van der Waals surface area contributed by atoms with Crippen molar-refractivity contribution in [3.05, 3.63) is 0 Å². The Balaban J connectivity index is 3.34. The van der Waals surface area contributed by atoms with E-state index < -0.39 is 0 Å². The Morgan fingerprint density at radius 2 is 1.55 bits per heavy atom. The maximum atomic E-state index is 5.59. The van der Waals surface area contributed by atoms with E-state index in [-0.39, 0.29) is 0 Å². The molecular weight excluding hydrogens is 183 g/mol. The van der Waals surface area contributed by atoms with Crippen LogP contribution in [0.4, 0.5) is 0 Å². The summed E-state index contributed by atoms with van der Waals surface area (Å²) in [4.78, 5) is 2.23. The molecule has 0 aromatic carbocycles. The highest BCUT2D eigenvalue weighted by Crippen LogP contribution is 1.93. The molecule has 0 radical (unpaired) electrons. The first kappa shape index (κ1) is 11.5. The molecule has 0 saturated heterocycles. The minimum absolute atomic E-state index is 0.668. The van der Waals surface area contributed by atoms with Crippen LogP contribution in [0.2, 0.25) is 0 Å². The molecule has 0 bridgehead atoms. The van der Waals surface area contributed by atoms with Crippen molar-refractivity contribution in [1.29, 1.82) is 0 Å². The summed E-state index contributed by atoms with van der Waals surface area (Å²) < 4.78 is 0. The van der Waals surface area contributed by atoms with Crippen molar-refractivity contribution < 1.29 is 0 Å². The van der Waals surface area contributed by atoms with Gasteiger partial charge < -0.3 is 10.6 Å². The van der Waals surface area contributed by atoms with E-state index in [2.05, 4.69) is 4.90 Å². The topological polar surface area (TPSA) is 29.3 Å². The summed E-state index contributed by atoms with van der Waals surface area (Å²) in [5.74, 6) is 1.34. The van der Waals surface area contributed by atoms with Crippen molar-refractivity contribution in [2.75, 3.05) is 37.9 Å². The van der Waals surface area contributed by atoms with Gasteiger partial charge in [0, 0.05) is 24.8 Å². The normalized spacial score (nSPS) is 10.9. The van der Waals surface area contributed by atoms with Gasteiger partial charge in [-0.15, -0.1) is 23.2 Å². The zero-order valence-electron chi connectivity index (χ0n) is 6.73. The van der Waals surface area contributed by atoms with E-state index in [1.807, 2.05) is 0 Å². The Morgan fingerprint density at radius 1 is 1.00 bits per heavy atom. The highest BCUT2D eigenvalue weighted by atomic mass is 35.5. The molecule has 0 spiro atoms. The Labute approximate surface area is 78.6 Å². The first-order chi connectivity index (χ1) is 5.35. The largest absolute Gasteiger partial charge is 0.330 e. The lowest BCUT2D eigenvalue weighted by Crippen LogP contribution is -2.30. The first-order valence-electron chi connectivity index (χ1n) is 3.89. The molecule has 0 aliphatic heterocycles. The molecule has 0 heterocycles. The monoisotopic (exact) mass is 198 g/mol. The zero-order valence-corrected chi connectivity index (χ0v) is 8.24. The Kier molecular flexibility index (Phi) is 8.99. The van der Waals surface area contributed by atoms with Crippen LogP contribution in [0.5, 0.6) is 0 Å². The number of alkyl halides is 2. The molecule has 2 N–H and O–H groups in total. The van der Waals surface area contributed by atoms with Gasteiger partial charge in [0.1, 0.15) is 0 Å². The van der Waals surface area contributed by atoms with Gasteiger partial charge >= 0.3 is 0 Å². The lowest BCUT2D eigenvalue weighted by molar-refractivity contribution is 0.305. The summed E-state index contributed by atoms with van der Waals surface area (Å²) in [6.07, 6.45) is 1.02. The number of hydrogen-bond acceptors (Lipinski definition) is 2. The SMILES string of the molecule is NCCCN(CCCl)CCCl. The van der Waals surface area contributed by atoms with Gasteiger partial charge in [0.05, 0.1) is 0 Å². The van der Waals surface area contributed by atoms with E-state index in [4.69, 9.17) is 28.9 Å². The van der Waals surface area contributed by atoms with Crippen LogP contribution in [-0.4, -0.2) is 42.8 Å². The molecule has 2 nitrogen and oxygen atoms in total. The van der Waals surface area contributed by atoms with Gasteiger partial charge in [-0.05, 0) is 19.5 Å². The first-order valence-corrected chi connectivity index (χ1v) is 4.96. The number of nitrogens with zero attached hydrogens (tertiary/aromatic N) is 1. The fourth-order valence-electron chi connectivity index (χ4n) is 0.889. The molecule has 0 unspecified atom stereocenters. The highest BCUT2D eigenvalue weighted by Gasteiger charge is 2.00. The Hall–Kier alpha value is 0.500. The number of nitrogens with two attached hydrogens (primary N) is 1. The van der Waals surface area contributed by atoms with Gasteiger partial charge in [0.25, 0.3) is 0 Å². The van der Waals surface area contributed by atoms with Crippen LogP contribution in [0, 0.1) is 0 Å². The minimum Gasteiger partial charge on any atom is -0.330 e. The quantitative estimate of drug-likeness (QED) is 0.622. The lowest BCUT2D eigenvalue weighted by Gasteiger charge is -2.18. The van der Waals surface area contributed by atoms with Gasteiger partial charge in [-0.2, -0.15) is 0 Å². The van der Waals surface area contributed by atoms with Crippen molar-refractivity contribution >= 4 is 23.2 Å². The summed E-state index contributed by atoms with van der Waals surface area (Å²) in [7, 11) is 0. The second-order valence-electron chi connectivity index (χ2n) is 2.36. The van der Waals surface area contributed by atoms with Crippen LogP contribution in [0.25, 0.3) is 0 Å². The van der Waals surface area contributed by atoms with E-state index in [1.165, 1.54) is 0 Å². The second kappa shape index (κ2) is 8.60. The summed E-state index contributed by atoms with van der Waals surface area (Å²) >= 11 is 11.2. The van der Waals surface area contributed by atoms with Crippen molar-refractivity contribution in [3.63, 3.8) is 0 Å². The van der Waals surface area contributed by atoms with Crippen molar-refractivity contribution in [1.82, 2.24) is 4.90 Å². The highest BCUT2D eigenvalue weighted by molar-refractivity contribution is 6.18. The van der Waals surface area contributed by atoms with Gasteiger partial charge in [-0.1, -0.05) is 0 Å². The lowest BCUT2D eigenvalue weighted by atomic mass is 10.4. The van der Waals surface area contributed by atoms with Gasteiger partial charge in [0.2, 0.25) is 0 Å². The van der Waals surface area contributed by atoms with E-state index in [9.17, 15) is 0 Å². The van der Waals surface area contributed by atoms with E-state index in [1.54, 1.807) is 0 Å². The summed E-state index contributed by atoms with van der Waals surface area (Å²) in [5.41, 5.74) is 5.38. The van der Waals surface area contributed by atoms with Crippen LogP contribution in [-0.2, 0) is 0 Å². The fraction of sp³-hybridized carbons (Fsp3) is 1.00. The molecular formula is C7H16Cl2N2. The molecule has 0 aromatic heterocycles. The number of rotatable bonds is 7. The average molecular weight is 199 g/mol. The Morgan fingerprint density at radius 3 is 1.91 bits per heavy atom. The summed E-state index contributed by atoms with van der Waals surface area (Å²) in [6, 6.07) is 0. The standard InChI is InChI=1S/C7H16Cl2N2/c8-2-6-11(7-3-9)5-1-4-10/h1-7,10H2. The van der Waals surface area contributed by atoms with Gasteiger partial charge in [-0.3, -0.25) is 0 Å². The van der Waals surface area contributed by atoms with Crippen LogP contribution >= 0.6 is 23.2 Å². The molecule has 0 fully saturated rings. The van der Waals surface area contributed by atoms with Crippen molar-refractivity contribution in [2.24, 2.45) is 5.73 Å². The number of hydrogen-bond donors (Lipinski definition) is 1. The molecule has 0 aliphatic rings. The molecule has 0 aliphatic carbocycles. The summed E-state index contributed by atoms with van der Waals surface area (Å²) in [5, 5.41) is 0. The predicted molar refractivity (Wildman–Crippen MR) is 51.6 cm³/mol. The van der Waals surface area contributed by atoms with Crippen LogP contribution in [0.15, 0.2) is 0 Å². The van der Waals surface area contributed by atoms with Gasteiger partial charge in [0.15, 0.2) is 0 Å². The number of halogens is 2. The third kappa shape index (κ3) is 6.88. The molecule has 0 aromatic rings. The maximum Gasteiger partial charge on any atom is 0.0351 e. The molecule has 0 amide bonds. The van der Waals surface area contributed by atoms with Crippen molar-refractivity contribution in [2.45, 2.75) is 6.42 Å². The van der Waals surface area contributed by atoms with Crippen LogP contribution in [0.3, 0.4) is 0 Å². The van der Waals surface area contributed by atoms with Crippen LogP contribution < -0.4 is 5.73 Å². The third-order valence-corrected chi connectivity index (χ3v) is 1.82. The van der Waals surface area contributed by atoms with E-state index >= 15 is 0 Å². The molecule has 4 heteroatoms.